The highest BCUT2D eigenvalue weighted by atomic mass is 16.5. The van der Waals surface area contributed by atoms with Crippen molar-refractivity contribution < 1.29 is 19.1 Å². The minimum Gasteiger partial charge on any atom is -0.497 e. The van der Waals surface area contributed by atoms with Crippen molar-refractivity contribution in [3.05, 3.63) is 65.9 Å². The number of ether oxygens (including phenoxy) is 1. The van der Waals surface area contributed by atoms with E-state index in [1.54, 1.807) is 26.4 Å². The molecule has 1 atom stereocenters. The van der Waals surface area contributed by atoms with Gasteiger partial charge in [0.1, 0.15) is 16.9 Å². The summed E-state index contributed by atoms with van der Waals surface area (Å²) in [5, 5.41) is 14.2. The molecule has 0 aliphatic heterocycles. The quantitative estimate of drug-likeness (QED) is 0.724. The number of hydrogen-bond acceptors (Lipinski definition) is 4. The molecule has 2 N–H and O–H groups in total. The minimum absolute atomic E-state index is 0.138. The van der Waals surface area contributed by atoms with Gasteiger partial charge in [0.05, 0.1) is 26.3 Å². The van der Waals surface area contributed by atoms with E-state index < -0.39 is 5.60 Å². The lowest BCUT2D eigenvalue weighted by molar-refractivity contribution is -0.121. The molecule has 1 heterocycles. The molecule has 5 heteroatoms. The fraction of sp³-hybridized carbons (Fsp3) is 0.250. The zero-order chi connectivity index (χ0) is 17.9. The van der Waals surface area contributed by atoms with Crippen LogP contribution in [0.5, 0.6) is 5.75 Å². The summed E-state index contributed by atoms with van der Waals surface area (Å²) in [4.78, 5) is 12.3. The van der Waals surface area contributed by atoms with E-state index >= 15 is 0 Å². The van der Waals surface area contributed by atoms with Gasteiger partial charge in [-0.1, -0.05) is 30.3 Å². The molecule has 0 aliphatic carbocycles. The van der Waals surface area contributed by atoms with Crippen LogP contribution in [0.1, 0.15) is 18.1 Å². The number of rotatable bonds is 6. The fourth-order valence-corrected chi connectivity index (χ4v) is 2.73. The number of hydrogen-bond donors (Lipinski definition) is 2. The summed E-state index contributed by atoms with van der Waals surface area (Å²) in [5.74, 6) is 0.534. The van der Waals surface area contributed by atoms with Gasteiger partial charge in [0.15, 0.2) is 0 Å². The van der Waals surface area contributed by atoms with Gasteiger partial charge in [0.25, 0.3) is 0 Å². The Morgan fingerprint density at radius 2 is 2.00 bits per heavy atom. The van der Waals surface area contributed by atoms with E-state index in [1.807, 2.05) is 42.5 Å². The van der Waals surface area contributed by atoms with Gasteiger partial charge in [0, 0.05) is 17.0 Å². The van der Waals surface area contributed by atoms with E-state index in [0.29, 0.717) is 11.3 Å². The number of methoxy groups -OCH3 is 1. The third-order valence-electron chi connectivity index (χ3n) is 4.24. The molecule has 1 unspecified atom stereocenters. The maximum atomic E-state index is 12.3. The largest absolute Gasteiger partial charge is 0.497 e. The molecule has 0 aliphatic rings. The first-order chi connectivity index (χ1) is 12.0. The van der Waals surface area contributed by atoms with Crippen LogP contribution in [0, 0.1) is 0 Å². The maximum absolute atomic E-state index is 12.3. The van der Waals surface area contributed by atoms with Crippen molar-refractivity contribution in [3.8, 4) is 5.75 Å². The normalized spacial score (nSPS) is 13.4. The lowest BCUT2D eigenvalue weighted by atomic mass is 9.96. The second kappa shape index (κ2) is 6.99. The van der Waals surface area contributed by atoms with E-state index in [4.69, 9.17) is 9.15 Å². The number of carbonyl (C=O) groups is 1. The van der Waals surface area contributed by atoms with Crippen LogP contribution in [0.15, 0.2) is 59.2 Å². The second-order valence-corrected chi connectivity index (χ2v) is 6.22. The summed E-state index contributed by atoms with van der Waals surface area (Å²) in [5.41, 5.74) is 1.12. The summed E-state index contributed by atoms with van der Waals surface area (Å²) in [6.45, 7) is 1.82. The summed E-state index contributed by atoms with van der Waals surface area (Å²) in [6.07, 6.45) is 1.77. The highest BCUT2D eigenvalue weighted by Crippen LogP contribution is 2.26. The Labute approximate surface area is 146 Å². The van der Waals surface area contributed by atoms with E-state index in [9.17, 15) is 9.90 Å². The molecule has 0 spiro atoms. The fourth-order valence-electron chi connectivity index (χ4n) is 2.73. The average molecular weight is 339 g/mol. The van der Waals surface area contributed by atoms with E-state index in [0.717, 1.165) is 16.5 Å². The van der Waals surface area contributed by atoms with Gasteiger partial charge in [-0.2, -0.15) is 0 Å². The topological polar surface area (TPSA) is 71.7 Å². The van der Waals surface area contributed by atoms with E-state index in [1.165, 1.54) is 0 Å². The van der Waals surface area contributed by atoms with Gasteiger partial charge in [-0.25, -0.2) is 0 Å². The Hall–Kier alpha value is -2.79. The molecule has 1 aromatic heterocycles. The van der Waals surface area contributed by atoms with Gasteiger partial charge in [-0.15, -0.1) is 0 Å². The predicted molar refractivity (Wildman–Crippen MR) is 95.5 cm³/mol. The summed E-state index contributed by atoms with van der Waals surface area (Å²) >= 11 is 0. The third-order valence-corrected chi connectivity index (χ3v) is 4.24. The van der Waals surface area contributed by atoms with Gasteiger partial charge in [-0.05, 0) is 24.6 Å². The Morgan fingerprint density at radius 3 is 2.72 bits per heavy atom. The summed E-state index contributed by atoms with van der Waals surface area (Å²) in [6, 6.07) is 14.8. The molecule has 25 heavy (non-hydrogen) atoms. The molecule has 130 valence electrons. The van der Waals surface area contributed by atoms with Crippen molar-refractivity contribution in [2.24, 2.45) is 0 Å². The first-order valence-electron chi connectivity index (χ1n) is 8.08. The summed E-state index contributed by atoms with van der Waals surface area (Å²) < 4.78 is 10.7. The van der Waals surface area contributed by atoms with Crippen LogP contribution in [0.25, 0.3) is 11.0 Å². The second-order valence-electron chi connectivity index (χ2n) is 6.22. The smallest absolute Gasteiger partial charge is 0.224 e. The number of furan rings is 1. The van der Waals surface area contributed by atoms with Crippen molar-refractivity contribution in [2.45, 2.75) is 18.9 Å². The van der Waals surface area contributed by atoms with Crippen LogP contribution in [0.4, 0.5) is 0 Å². The first kappa shape index (κ1) is 17.0. The van der Waals surface area contributed by atoms with Gasteiger partial charge < -0.3 is 19.6 Å². The zero-order valence-corrected chi connectivity index (χ0v) is 14.3. The molecule has 0 bridgehead atoms. The number of nitrogens with one attached hydrogen (secondary N) is 1. The number of benzene rings is 2. The van der Waals surface area contributed by atoms with Crippen LogP contribution >= 0.6 is 0 Å². The zero-order valence-electron chi connectivity index (χ0n) is 14.3. The Balaban J connectivity index is 1.65. The lowest BCUT2D eigenvalue weighted by Crippen LogP contribution is -2.39. The molecular weight excluding hydrogens is 318 g/mol. The predicted octanol–water partition coefficient (Wildman–Crippen LogP) is 3.01. The van der Waals surface area contributed by atoms with Crippen LogP contribution in [0.3, 0.4) is 0 Å². The highest BCUT2D eigenvalue weighted by Gasteiger charge is 2.23. The van der Waals surface area contributed by atoms with Gasteiger partial charge in [0.2, 0.25) is 5.91 Å². The van der Waals surface area contributed by atoms with Crippen LogP contribution in [0.2, 0.25) is 0 Å². The number of fused-ring (bicyclic) bond motifs is 1. The van der Waals surface area contributed by atoms with Crippen molar-refractivity contribution >= 4 is 16.9 Å². The van der Waals surface area contributed by atoms with Crippen LogP contribution in [-0.2, 0) is 16.8 Å². The van der Waals surface area contributed by atoms with Crippen LogP contribution in [-0.4, -0.2) is 24.7 Å². The molecule has 1 amide bonds. The number of aliphatic hydroxyl groups is 1. The van der Waals surface area contributed by atoms with Crippen molar-refractivity contribution in [1.29, 1.82) is 0 Å². The average Bonchev–Trinajstić information content (AvgIpc) is 3.03. The Morgan fingerprint density at radius 1 is 1.24 bits per heavy atom. The molecular formula is C20H21NO4. The van der Waals surface area contributed by atoms with Gasteiger partial charge in [-0.3, -0.25) is 4.79 Å². The van der Waals surface area contributed by atoms with Crippen molar-refractivity contribution in [1.82, 2.24) is 5.32 Å². The molecule has 5 nitrogen and oxygen atoms in total. The highest BCUT2D eigenvalue weighted by molar-refractivity contribution is 5.88. The minimum atomic E-state index is -1.12. The molecule has 0 saturated heterocycles. The number of carbonyl (C=O) groups excluding carboxylic acids is 1. The third kappa shape index (κ3) is 3.83. The Kier molecular flexibility index (Phi) is 4.76. The molecule has 0 fully saturated rings. The maximum Gasteiger partial charge on any atom is 0.224 e. The first-order valence-corrected chi connectivity index (χ1v) is 8.08. The molecule has 0 radical (unpaired) electrons. The van der Waals surface area contributed by atoms with E-state index in [2.05, 4.69) is 5.32 Å². The van der Waals surface area contributed by atoms with Crippen molar-refractivity contribution in [3.63, 3.8) is 0 Å². The van der Waals surface area contributed by atoms with E-state index in [-0.39, 0.29) is 18.9 Å². The standard InChI is InChI=1S/C20H21NO4/c1-20(23,15-6-4-3-5-7-15)13-21-19(22)10-14-12-25-18-11-16(24-2)8-9-17(14)18/h3-9,11-12,23H,10,13H2,1-2H3,(H,21,22). The lowest BCUT2D eigenvalue weighted by Gasteiger charge is -2.24. The molecule has 3 rings (SSSR count). The van der Waals surface area contributed by atoms with Crippen molar-refractivity contribution in [2.75, 3.05) is 13.7 Å². The molecule has 2 aromatic carbocycles. The van der Waals surface area contributed by atoms with Gasteiger partial charge >= 0.3 is 0 Å². The summed E-state index contributed by atoms with van der Waals surface area (Å²) in [7, 11) is 1.59. The molecule has 3 aromatic rings. The Bertz CT molecular complexity index is 868. The number of amides is 1. The SMILES string of the molecule is COc1ccc2c(CC(=O)NCC(C)(O)c3ccccc3)coc2c1. The van der Waals surface area contributed by atoms with Crippen LogP contribution < -0.4 is 10.1 Å². The monoisotopic (exact) mass is 339 g/mol. The molecule has 0 saturated carbocycles.